The van der Waals surface area contributed by atoms with Gasteiger partial charge in [0.05, 0.1) is 0 Å². The van der Waals surface area contributed by atoms with Crippen molar-refractivity contribution in [2.75, 3.05) is 0 Å². The monoisotopic (exact) mass is 254 g/mol. The Morgan fingerprint density at radius 2 is 1.33 bits per heavy atom. The molecule has 0 saturated heterocycles. The average Bonchev–Trinajstić information content (AvgIpc) is 2.44. The van der Waals surface area contributed by atoms with Gasteiger partial charge in [-0.3, -0.25) is 9.59 Å². The zero-order valence-electron chi connectivity index (χ0n) is 9.51. The van der Waals surface area contributed by atoms with E-state index in [1.165, 1.54) is 0 Å². The summed E-state index contributed by atoms with van der Waals surface area (Å²) in [6.45, 7) is 0. The molecule has 1 aliphatic rings. The number of ketones is 2. The molecule has 1 aliphatic carbocycles. The van der Waals surface area contributed by atoms with Gasteiger partial charge in [-0.1, -0.05) is 30.3 Å². The third-order valence-electron chi connectivity index (χ3n) is 3.17. The van der Waals surface area contributed by atoms with Gasteiger partial charge in [-0.2, -0.15) is 12.6 Å². The first-order valence-electron chi connectivity index (χ1n) is 5.64. The summed E-state index contributed by atoms with van der Waals surface area (Å²) in [5, 5.41) is 0. The first kappa shape index (κ1) is 11.2. The predicted octanol–water partition coefficient (Wildman–Crippen LogP) is 2.89. The molecule has 2 aromatic rings. The van der Waals surface area contributed by atoms with E-state index in [4.69, 9.17) is 0 Å². The number of carbonyl (C=O) groups excluding carboxylic acids is 2. The Morgan fingerprint density at radius 1 is 0.778 bits per heavy atom. The van der Waals surface area contributed by atoms with Gasteiger partial charge in [0, 0.05) is 28.0 Å². The highest BCUT2D eigenvalue weighted by atomic mass is 32.1. The molecule has 0 bridgehead atoms. The van der Waals surface area contributed by atoms with E-state index in [0.717, 1.165) is 5.56 Å². The number of hydrogen-bond acceptors (Lipinski definition) is 3. The van der Waals surface area contributed by atoms with Crippen molar-refractivity contribution < 1.29 is 9.59 Å². The van der Waals surface area contributed by atoms with Gasteiger partial charge in [0.2, 0.25) is 0 Å². The van der Waals surface area contributed by atoms with Crippen LogP contribution in [-0.2, 0) is 5.75 Å². The van der Waals surface area contributed by atoms with Crippen molar-refractivity contribution in [2.24, 2.45) is 0 Å². The third kappa shape index (κ3) is 1.51. The molecular weight excluding hydrogens is 244 g/mol. The van der Waals surface area contributed by atoms with Crippen LogP contribution in [0.5, 0.6) is 0 Å². The van der Waals surface area contributed by atoms with Gasteiger partial charge in [0.15, 0.2) is 11.6 Å². The smallest absolute Gasteiger partial charge is 0.194 e. The highest BCUT2D eigenvalue weighted by Crippen LogP contribution is 2.28. The van der Waals surface area contributed by atoms with Gasteiger partial charge in [0.1, 0.15) is 0 Å². The topological polar surface area (TPSA) is 34.1 Å². The lowest BCUT2D eigenvalue weighted by Gasteiger charge is -2.17. The van der Waals surface area contributed by atoms with Crippen LogP contribution in [0.3, 0.4) is 0 Å². The third-order valence-corrected chi connectivity index (χ3v) is 3.54. The van der Waals surface area contributed by atoms with Gasteiger partial charge in [-0.25, -0.2) is 0 Å². The van der Waals surface area contributed by atoms with Crippen molar-refractivity contribution in [3.8, 4) is 0 Å². The van der Waals surface area contributed by atoms with Crippen LogP contribution in [0.2, 0.25) is 0 Å². The second-order valence-corrected chi connectivity index (χ2v) is 4.56. The summed E-state index contributed by atoms with van der Waals surface area (Å²) in [7, 11) is 0. The Kier molecular flexibility index (Phi) is 2.56. The number of rotatable bonds is 1. The molecule has 0 spiro atoms. The van der Waals surface area contributed by atoms with Crippen molar-refractivity contribution in [3.63, 3.8) is 0 Å². The van der Waals surface area contributed by atoms with E-state index < -0.39 is 0 Å². The van der Waals surface area contributed by atoms with Gasteiger partial charge in [-0.15, -0.1) is 0 Å². The van der Waals surface area contributed by atoms with E-state index in [1.807, 2.05) is 6.07 Å². The zero-order chi connectivity index (χ0) is 12.7. The molecule has 0 atom stereocenters. The summed E-state index contributed by atoms with van der Waals surface area (Å²) in [5.74, 6) is 0.394. The first-order chi connectivity index (χ1) is 8.72. The van der Waals surface area contributed by atoms with Crippen molar-refractivity contribution in [1.82, 2.24) is 0 Å². The minimum Gasteiger partial charge on any atom is -0.289 e. The molecule has 0 heterocycles. The highest BCUT2D eigenvalue weighted by molar-refractivity contribution is 7.79. The normalized spacial score (nSPS) is 13.2. The van der Waals surface area contributed by atoms with E-state index in [-0.39, 0.29) is 11.6 Å². The second kappa shape index (κ2) is 4.10. The molecule has 88 valence electrons. The highest BCUT2D eigenvalue weighted by Gasteiger charge is 2.28. The molecular formula is C15H10O2S. The minimum absolute atomic E-state index is 0.0779. The maximum Gasteiger partial charge on any atom is 0.194 e. The van der Waals surface area contributed by atoms with Gasteiger partial charge in [-0.05, 0) is 17.7 Å². The summed E-state index contributed by atoms with van der Waals surface area (Å²) in [4.78, 5) is 24.6. The molecule has 0 radical (unpaired) electrons. The summed E-state index contributed by atoms with van der Waals surface area (Å²) in [5.41, 5.74) is 2.91. The molecule has 0 saturated carbocycles. The largest absolute Gasteiger partial charge is 0.289 e. The van der Waals surface area contributed by atoms with Crippen molar-refractivity contribution >= 4 is 24.2 Å². The van der Waals surface area contributed by atoms with Gasteiger partial charge in [0.25, 0.3) is 0 Å². The Labute approximate surface area is 110 Å². The van der Waals surface area contributed by atoms with E-state index in [9.17, 15) is 9.59 Å². The average molecular weight is 254 g/mol. The van der Waals surface area contributed by atoms with Gasteiger partial charge < -0.3 is 0 Å². The summed E-state index contributed by atoms with van der Waals surface area (Å²) in [6, 6.07) is 12.3. The molecule has 2 aromatic carbocycles. The fourth-order valence-electron chi connectivity index (χ4n) is 2.24. The van der Waals surface area contributed by atoms with Crippen LogP contribution in [0.1, 0.15) is 37.4 Å². The lowest BCUT2D eigenvalue weighted by molar-refractivity contribution is 0.0979. The molecule has 0 aromatic heterocycles. The molecule has 0 N–H and O–H groups in total. The summed E-state index contributed by atoms with van der Waals surface area (Å²) >= 11 is 4.19. The molecule has 0 amide bonds. The molecule has 3 rings (SSSR count). The van der Waals surface area contributed by atoms with Gasteiger partial charge >= 0.3 is 0 Å². The fraction of sp³-hybridized carbons (Fsp3) is 0.0667. The Morgan fingerprint density at radius 3 is 1.94 bits per heavy atom. The molecule has 2 nitrogen and oxygen atoms in total. The molecule has 0 unspecified atom stereocenters. The molecule has 3 heteroatoms. The maximum absolute atomic E-state index is 12.3. The Bertz CT molecular complexity index is 674. The predicted molar refractivity (Wildman–Crippen MR) is 72.4 cm³/mol. The van der Waals surface area contributed by atoms with E-state index in [1.54, 1.807) is 36.4 Å². The van der Waals surface area contributed by atoms with E-state index in [2.05, 4.69) is 12.6 Å². The van der Waals surface area contributed by atoms with Crippen LogP contribution >= 0.6 is 12.6 Å². The number of carbonyl (C=O) groups is 2. The van der Waals surface area contributed by atoms with Crippen molar-refractivity contribution in [2.45, 2.75) is 5.75 Å². The summed E-state index contributed by atoms with van der Waals surface area (Å²) in [6.07, 6.45) is 0. The van der Waals surface area contributed by atoms with E-state index >= 15 is 0 Å². The second-order valence-electron chi connectivity index (χ2n) is 4.24. The Balaban J connectivity index is 2.27. The van der Waals surface area contributed by atoms with Crippen molar-refractivity contribution in [1.29, 1.82) is 0 Å². The number of thiol groups is 1. The standard InChI is InChI=1S/C15H10O2S/c16-14-10-3-1-2-4-11(10)15(17)13-7-9(8-18)5-6-12(13)14/h1-7,18H,8H2. The quantitative estimate of drug-likeness (QED) is 0.677. The van der Waals surface area contributed by atoms with Crippen LogP contribution in [0.4, 0.5) is 0 Å². The van der Waals surface area contributed by atoms with Crippen LogP contribution < -0.4 is 0 Å². The number of benzene rings is 2. The van der Waals surface area contributed by atoms with Crippen LogP contribution in [0, 0.1) is 0 Å². The SMILES string of the molecule is O=C1c2ccccc2C(=O)c2cc(CS)ccc21. The first-order valence-corrected chi connectivity index (χ1v) is 6.28. The zero-order valence-corrected chi connectivity index (χ0v) is 10.4. The molecule has 18 heavy (non-hydrogen) atoms. The Hall–Kier alpha value is -1.87. The summed E-state index contributed by atoms with van der Waals surface area (Å²) < 4.78 is 0. The molecule has 0 fully saturated rings. The fourth-order valence-corrected chi connectivity index (χ4v) is 2.44. The minimum atomic E-state index is -0.0798. The number of fused-ring (bicyclic) bond motifs is 2. The lowest BCUT2D eigenvalue weighted by Crippen LogP contribution is -2.20. The molecule has 0 aliphatic heterocycles. The maximum atomic E-state index is 12.3. The van der Waals surface area contributed by atoms with Crippen molar-refractivity contribution in [3.05, 3.63) is 70.3 Å². The van der Waals surface area contributed by atoms with Crippen LogP contribution in [-0.4, -0.2) is 11.6 Å². The number of hydrogen-bond donors (Lipinski definition) is 1. The lowest BCUT2D eigenvalue weighted by atomic mass is 9.83. The van der Waals surface area contributed by atoms with E-state index in [0.29, 0.717) is 28.0 Å². The van der Waals surface area contributed by atoms with Crippen LogP contribution in [0.15, 0.2) is 42.5 Å². The van der Waals surface area contributed by atoms with Crippen LogP contribution in [0.25, 0.3) is 0 Å².